The zero-order valence-electron chi connectivity index (χ0n) is 11.5. The second kappa shape index (κ2) is 5.25. The molecule has 0 bridgehead atoms. The predicted molar refractivity (Wildman–Crippen MR) is 82.4 cm³/mol. The number of hydrogen-bond donors (Lipinski definition) is 1. The number of carbonyl (C=O) groups excluding carboxylic acids is 2. The van der Waals surface area contributed by atoms with Gasteiger partial charge in [0.2, 0.25) is 5.91 Å². The molecule has 1 amide bonds. The van der Waals surface area contributed by atoms with Gasteiger partial charge in [-0.25, -0.2) is 0 Å². The monoisotopic (exact) mass is 278 g/mol. The standard InChI is InChI=1S/C17H14N2O2/c1-12(20)18-15-8-7-13-9-10-19(16(13)11-15)17(21)14-5-3-2-4-6-14/h2-11H,1H3,(H,18,20). The minimum atomic E-state index is -0.137. The molecule has 0 saturated carbocycles. The topological polar surface area (TPSA) is 51.1 Å². The zero-order chi connectivity index (χ0) is 14.8. The number of aromatic nitrogens is 1. The minimum Gasteiger partial charge on any atom is -0.326 e. The van der Waals surface area contributed by atoms with Crippen LogP contribution in [-0.2, 0) is 4.79 Å². The Morgan fingerprint density at radius 2 is 1.76 bits per heavy atom. The normalized spacial score (nSPS) is 10.5. The molecule has 0 aliphatic rings. The van der Waals surface area contributed by atoms with Crippen LogP contribution in [0.4, 0.5) is 5.69 Å². The van der Waals surface area contributed by atoms with Crippen molar-refractivity contribution in [3.63, 3.8) is 0 Å². The Morgan fingerprint density at radius 3 is 2.48 bits per heavy atom. The second-order valence-corrected chi connectivity index (χ2v) is 4.81. The van der Waals surface area contributed by atoms with E-state index in [1.165, 1.54) is 6.92 Å². The highest BCUT2D eigenvalue weighted by Crippen LogP contribution is 2.21. The summed E-state index contributed by atoms with van der Waals surface area (Å²) in [5, 5.41) is 3.68. The van der Waals surface area contributed by atoms with E-state index in [-0.39, 0.29) is 11.8 Å². The molecule has 3 rings (SSSR count). The van der Waals surface area contributed by atoms with E-state index in [2.05, 4.69) is 5.32 Å². The highest BCUT2D eigenvalue weighted by molar-refractivity contribution is 6.03. The molecule has 1 heterocycles. The second-order valence-electron chi connectivity index (χ2n) is 4.81. The van der Waals surface area contributed by atoms with Gasteiger partial charge in [0, 0.05) is 29.8 Å². The van der Waals surface area contributed by atoms with E-state index in [0.29, 0.717) is 11.3 Å². The molecule has 2 aromatic carbocycles. The average molecular weight is 278 g/mol. The zero-order valence-corrected chi connectivity index (χ0v) is 11.5. The summed E-state index contributed by atoms with van der Waals surface area (Å²) >= 11 is 0. The van der Waals surface area contributed by atoms with Gasteiger partial charge >= 0.3 is 0 Å². The van der Waals surface area contributed by atoms with E-state index in [4.69, 9.17) is 0 Å². The first-order valence-corrected chi connectivity index (χ1v) is 6.63. The van der Waals surface area contributed by atoms with Crippen LogP contribution in [0.1, 0.15) is 17.3 Å². The molecular weight excluding hydrogens is 264 g/mol. The smallest absolute Gasteiger partial charge is 0.262 e. The van der Waals surface area contributed by atoms with Crippen molar-refractivity contribution in [1.82, 2.24) is 4.57 Å². The molecule has 0 saturated heterocycles. The number of anilines is 1. The highest BCUT2D eigenvalue weighted by atomic mass is 16.2. The Balaban J connectivity index is 2.06. The van der Waals surface area contributed by atoms with Crippen molar-refractivity contribution in [2.24, 2.45) is 0 Å². The molecule has 104 valence electrons. The van der Waals surface area contributed by atoms with E-state index in [1.54, 1.807) is 29.0 Å². The Bertz CT molecular complexity index is 819. The van der Waals surface area contributed by atoms with Crippen LogP contribution in [0, 0.1) is 0 Å². The van der Waals surface area contributed by atoms with Crippen LogP contribution in [0.25, 0.3) is 10.9 Å². The minimum absolute atomic E-state index is 0.0921. The average Bonchev–Trinajstić information content (AvgIpc) is 2.90. The predicted octanol–water partition coefficient (Wildman–Crippen LogP) is 3.29. The number of nitrogens with one attached hydrogen (secondary N) is 1. The van der Waals surface area contributed by atoms with Gasteiger partial charge in [-0.1, -0.05) is 24.3 Å². The molecule has 21 heavy (non-hydrogen) atoms. The molecule has 4 nitrogen and oxygen atoms in total. The van der Waals surface area contributed by atoms with Crippen molar-refractivity contribution in [1.29, 1.82) is 0 Å². The number of benzene rings is 2. The third-order valence-corrected chi connectivity index (χ3v) is 3.25. The molecule has 0 radical (unpaired) electrons. The molecule has 0 spiro atoms. The summed E-state index contributed by atoms with van der Waals surface area (Å²) < 4.78 is 1.59. The lowest BCUT2D eigenvalue weighted by atomic mass is 10.2. The van der Waals surface area contributed by atoms with Crippen LogP contribution in [0.15, 0.2) is 60.8 Å². The van der Waals surface area contributed by atoms with Gasteiger partial charge < -0.3 is 5.32 Å². The summed E-state index contributed by atoms with van der Waals surface area (Å²) in [5.41, 5.74) is 2.07. The first-order chi connectivity index (χ1) is 10.1. The third-order valence-electron chi connectivity index (χ3n) is 3.25. The summed E-state index contributed by atoms with van der Waals surface area (Å²) in [6.07, 6.45) is 1.75. The molecule has 0 aliphatic carbocycles. The van der Waals surface area contributed by atoms with Gasteiger partial charge in [-0.3, -0.25) is 14.2 Å². The molecule has 0 aliphatic heterocycles. The largest absolute Gasteiger partial charge is 0.326 e. The Kier molecular flexibility index (Phi) is 3.28. The quantitative estimate of drug-likeness (QED) is 0.782. The van der Waals surface area contributed by atoms with Gasteiger partial charge in [-0.05, 0) is 30.3 Å². The van der Waals surface area contributed by atoms with Crippen LogP contribution >= 0.6 is 0 Å². The first kappa shape index (κ1) is 13.1. The van der Waals surface area contributed by atoms with Crippen molar-refractivity contribution in [3.05, 3.63) is 66.4 Å². The lowest BCUT2D eigenvalue weighted by Crippen LogP contribution is -2.11. The lowest BCUT2D eigenvalue weighted by Gasteiger charge is -2.06. The first-order valence-electron chi connectivity index (χ1n) is 6.63. The van der Waals surface area contributed by atoms with Gasteiger partial charge in [0.1, 0.15) is 0 Å². The summed E-state index contributed by atoms with van der Waals surface area (Å²) in [6, 6.07) is 16.5. The van der Waals surface area contributed by atoms with Crippen molar-refractivity contribution in [3.8, 4) is 0 Å². The number of nitrogens with zero attached hydrogens (tertiary/aromatic N) is 1. The fourth-order valence-electron chi connectivity index (χ4n) is 2.31. The number of fused-ring (bicyclic) bond motifs is 1. The molecule has 0 unspecified atom stereocenters. The number of carbonyl (C=O) groups is 2. The van der Waals surface area contributed by atoms with E-state index >= 15 is 0 Å². The van der Waals surface area contributed by atoms with Crippen LogP contribution < -0.4 is 5.32 Å². The third kappa shape index (κ3) is 2.56. The summed E-state index contributed by atoms with van der Waals surface area (Å²) in [5.74, 6) is -0.229. The number of hydrogen-bond acceptors (Lipinski definition) is 2. The van der Waals surface area contributed by atoms with E-state index in [9.17, 15) is 9.59 Å². The van der Waals surface area contributed by atoms with Gasteiger partial charge in [0.05, 0.1) is 5.52 Å². The molecule has 0 atom stereocenters. The Morgan fingerprint density at radius 1 is 1.00 bits per heavy atom. The van der Waals surface area contributed by atoms with Crippen LogP contribution in [0.5, 0.6) is 0 Å². The molecule has 4 heteroatoms. The Labute approximate surface area is 122 Å². The summed E-state index contributed by atoms with van der Waals surface area (Å²) in [6.45, 7) is 1.46. The van der Waals surface area contributed by atoms with Crippen molar-refractivity contribution in [2.75, 3.05) is 5.32 Å². The van der Waals surface area contributed by atoms with Gasteiger partial charge in [0.25, 0.3) is 5.91 Å². The number of rotatable bonds is 2. The van der Waals surface area contributed by atoms with Crippen molar-refractivity contribution in [2.45, 2.75) is 6.92 Å². The van der Waals surface area contributed by atoms with Gasteiger partial charge in [0.15, 0.2) is 0 Å². The molecule has 3 aromatic rings. The lowest BCUT2D eigenvalue weighted by molar-refractivity contribution is -0.114. The molecular formula is C17H14N2O2. The van der Waals surface area contributed by atoms with Gasteiger partial charge in [-0.15, -0.1) is 0 Å². The fraction of sp³-hybridized carbons (Fsp3) is 0.0588. The SMILES string of the molecule is CC(=O)Nc1ccc2ccn(C(=O)c3ccccc3)c2c1. The summed E-state index contributed by atoms with van der Waals surface area (Å²) in [7, 11) is 0. The van der Waals surface area contributed by atoms with Crippen molar-refractivity contribution < 1.29 is 9.59 Å². The maximum atomic E-state index is 12.5. The maximum Gasteiger partial charge on any atom is 0.262 e. The summed E-state index contributed by atoms with van der Waals surface area (Å²) in [4.78, 5) is 23.7. The maximum absolute atomic E-state index is 12.5. The number of amides is 1. The van der Waals surface area contributed by atoms with Gasteiger partial charge in [-0.2, -0.15) is 0 Å². The van der Waals surface area contributed by atoms with Crippen LogP contribution in [0.3, 0.4) is 0 Å². The van der Waals surface area contributed by atoms with Crippen LogP contribution in [0.2, 0.25) is 0 Å². The van der Waals surface area contributed by atoms with E-state index < -0.39 is 0 Å². The van der Waals surface area contributed by atoms with E-state index in [1.807, 2.05) is 36.4 Å². The van der Waals surface area contributed by atoms with Crippen molar-refractivity contribution >= 4 is 28.4 Å². The molecule has 1 aromatic heterocycles. The molecule has 0 fully saturated rings. The van der Waals surface area contributed by atoms with Crippen LogP contribution in [-0.4, -0.2) is 16.4 Å². The van der Waals surface area contributed by atoms with E-state index in [0.717, 1.165) is 10.9 Å². The fourth-order valence-corrected chi connectivity index (χ4v) is 2.31. The Hall–Kier alpha value is -2.88. The molecule has 1 N–H and O–H groups in total. The highest BCUT2D eigenvalue weighted by Gasteiger charge is 2.11.